The number of nitrogens with one attached hydrogen (secondary N) is 1. The second kappa shape index (κ2) is 5.41. The molecule has 1 aromatic heterocycles. The van der Waals surface area contributed by atoms with Crippen LogP contribution < -0.4 is 5.32 Å². The van der Waals surface area contributed by atoms with Gasteiger partial charge in [-0.05, 0) is 35.9 Å². The van der Waals surface area contributed by atoms with Crippen molar-refractivity contribution in [2.75, 3.05) is 5.32 Å². The first-order chi connectivity index (χ1) is 9.86. The number of fused-ring (bicyclic) bond motifs is 1. The lowest BCUT2D eigenvalue weighted by molar-refractivity contribution is 1.16. The minimum atomic E-state index is 0.662. The molecule has 3 rings (SSSR count). The monoisotopic (exact) mass is 259 g/mol. The Morgan fingerprint density at radius 1 is 1.05 bits per heavy atom. The zero-order chi connectivity index (χ0) is 13.8. The summed E-state index contributed by atoms with van der Waals surface area (Å²) in [6, 6.07) is 19.7. The summed E-state index contributed by atoms with van der Waals surface area (Å²) in [7, 11) is 0. The first-order valence-electron chi connectivity index (χ1n) is 6.43. The van der Waals surface area contributed by atoms with Crippen LogP contribution in [-0.2, 0) is 6.54 Å². The van der Waals surface area contributed by atoms with Crippen molar-refractivity contribution in [3.05, 3.63) is 71.9 Å². The summed E-state index contributed by atoms with van der Waals surface area (Å²) in [5.74, 6) is 0. The van der Waals surface area contributed by atoms with Crippen molar-refractivity contribution in [1.82, 2.24) is 4.98 Å². The number of para-hydroxylation sites is 1. The van der Waals surface area contributed by atoms with E-state index in [2.05, 4.69) is 22.4 Å². The summed E-state index contributed by atoms with van der Waals surface area (Å²) in [6.07, 6.45) is 1.82. The van der Waals surface area contributed by atoms with Gasteiger partial charge in [-0.3, -0.25) is 4.98 Å². The quantitative estimate of drug-likeness (QED) is 0.779. The maximum atomic E-state index is 8.90. The Kier molecular flexibility index (Phi) is 3.30. The van der Waals surface area contributed by atoms with Gasteiger partial charge in [0, 0.05) is 23.8 Å². The zero-order valence-electron chi connectivity index (χ0n) is 10.9. The molecule has 0 radical (unpaired) electrons. The number of benzene rings is 2. The van der Waals surface area contributed by atoms with E-state index in [1.165, 1.54) is 5.56 Å². The molecule has 96 valence electrons. The SMILES string of the molecule is N#Cc1cccc(NCc2ccnc3ccccc23)c1. The third-order valence-corrected chi connectivity index (χ3v) is 3.21. The van der Waals surface area contributed by atoms with E-state index in [1.807, 2.05) is 48.7 Å². The molecule has 0 unspecified atom stereocenters. The van der Waals surface area contributed by atoms with Gasteiger partial charge in [-0.2, -0.15) is 5.26 Å². The second-order valence-corrected chi connectivity index (χ2v) is 4.53. The average Bonchev–Trinajstić information content (AvgIpc) is 2.53. The van der Waals surface area contributed by atoms with Crippen LogP contribution in [0.15, 0.2) is 60.8 Å². The number of anilines is 1. The molecule has 0 saturated heterocycles. The fraction of sp³-hybridized carbons (Fsp3) is 0.0588. The lowest BCUT2D eigenvalue weighted by Crippen LogP contribution is -2.00. The van der Waals surface area contributed by atoms with E-state index in [0.717, 1.165) is 16.6 Å². The maximum Gasteiger partial charge on any atom is 0.0992 e. The summed E-state index contributed by atoms with van der Waals surface area (Å²) in [5, 5.41) is 13.4. The lowest BCUT2D eigenvalue weighted by Gasteiger charge is -2.09. The smallest absolute Gasteiger partial charge is 0.0992 e. The van der Waals surface area contributed by atoms with Crippen LogP contribution in [0, 0.1) is 11.3 Å². The van der Waals surface area contributed by atoms with Crippen LogP contribution in [0.1, 0.15) is 11.1 Å². The van der Waals surface area contributed by atoms with Gasteiger partial charge in [0.2, 0.25) is 0 Å². The number of hydrogen-bond acceptors (Lipinski definition) is 3. The fourth-order valence-corrected chi connectivity index (χ4v) is 2.21. The molecule has 3 nitrogen and oxygen atoms in total. The Hall–Kier alpha value is -2.86. The number of rotatable bonds is 3. The maximum absolute atomic E-state index is 8.90. The molecular weight excluding hydrogens is 246 g/mol. The number of hydrogen-bond donors (Lipinski definition) is 1. The predicted octanol–water partition coefficient (Wildman–Crippen LogP) is 3.72. The number of nitriles is 1. The van der Waals surface area contributed by atoms with Gasteiger partial charge in [0.25, 0.3) is 0 Å². The van der Waals surface area contributed by atoms with Crippen molar-refractivity contribution >= 4 is 16.6 Å². The molecule has 0 fully saturated rings. The average molecular weight is 259 g/mol. The van der Waals surface area contributed by atoms with Crippen LogP contribution >= 0.6 is 0 Å². The van der Waals surface area contributed by atoms with Gasteiger partial charge in [0.15, 0.2) is 0 Å². The minimum absolute atomic E-state index is 0.662. The Morgan fingerprint density at radius 3 is 2.85 bits per heavy atom. The van der Waals surface area contributed by atoms with Crippen molar-refractivity contribution in [2.45, 2.75) is 6.54 Å². The molecule has 0 aliphatic heterocycles. The highest BCUT2D eigenvalue weighted by atomic mass is 14.9. The standard InChI is InChI=1S/C17H13N3/c18-11-13-4-3-5-15(10-13)20-12-14-8-9-19-17-7-2-1-6-16(14)17/h1-10,20H,12H2. The van der Waals surface area contributed by atoms with E-state index in [-0.39, 0.29) is 0 Å². The first-order valence-corrected chi connectivity index (χ1v) is 6.43. The predicted molar refractivity (Wildman–Crippen MR) is 80.2 cm³/mol. The molecule has 0 amide bonds. The summed E-state index contributed by atoms with van der Waals surface area (Å²) in [4.78, 5) is 4.35. The van der Waals surface area contributed by atoms with Gasteiger partial charge < -0.3 is 5.32 Å². The van der Waals surface area contributed by atoms with Gasteiger partial charge in [0.1, 0.15) is 0 Å². The molecule has 0 atom stereocenters. The van der Waals surface area contributed by atoms with Crippen molar-refractivity contribution in [2.24, 2.45) is 0 Å². The summed E-state index contributed by atoms with van der Waals surface area (Å²) >= 11 is 0. The molecule has 20 heavy (non-hydrogen) atoms. The van der Waals surface area contributed by atoms with Gasteiger partial charge in [-0.25, -0.2) is 0 Å². The van der Waals surface area contributed by atoms with E-state index >= 15 is 0 Å². The van der Waals surface area contributed by atoms with Crippen LogP contribution in [0.25, 0.3) is 10.9 Å². The molecule has 0 bridgehead atoms. The van der Waals surface area contributed by atoms with Crippen molar-refractivity contribution < 1.29 is 0 Å². The van der Waals surface area contributed by atoms with Gasteiger partial charge in [0.05, 0.1) is 17.1 Å². The normalized spacial score (nSPS) is 10.2. The Balaban J connectivity index is 1.85. The lowest BCUT2D eigenvalue weighted by atomic mass is 10.1. The first kappa shape index (κ1) is 12.2. The van der Waals surface area contributed by atoms with Crippen molar-refractivity contribution in [3.63, 3.8) is 0 Å². The Morgan fingerprint density at radius 2 is 1.95 bits per heavy atom. The van der Waals surface area contributed by atoms with E-state index < -0.39 is 0 Å². The minimum Gasteiger partial charge on any atom is -0.381 e. The summed E-state index contributed by atoms with van der Waals surface area (Å²) < 4.78 is 0. The summed E-state index contributed by atoms with van der Waals surface area (Å²) in [5.41, 5.74) is 3.80. The molecule has 3 heteroatoms. The Labute approximate surface area is 117 Å². The topological polar surface area (TPSA) is 48.7 Å². The van der Waals surface area contributed by atoms with Gasteiger partial charge in [-0.1, -0.05) is 24.3 Å². The number of pyridine rings is 1. The number of nitrogens with zero attached hydrogens (tertiary/aromatic N) is 2. The molecule has 1 N–H and O–H groups in total. The highest BCUT2D eigenvalue weighted by Crippen LogP contribution is 2.18. The molecular formula is C17H13N3. The molecule has 3 aromatic rings. The van der Waals surface area contributed by atoms with Crippen molar-refractivity contribution in [1.29, 1.82) is 5.26 Å². The van der Waals surface area contributed by atoms with Gasteiger partial charge in [-0.15, -0.1) is 0 Å². The van der Waals surface area contributed by atoms with E-state index in [4.69, 9.17) is 5.26 Å². The van der Waals surface area contributed by atoms with E-state index in [9.17, 15) is 0 Å². The van der Waals surface area contributed by atoms with Crippen LogP contribution in [0.3, 0.4) is 0 Å². The molecule has 2 aromatic carbocycles. The largest absolute Gasteiger partial charge is 0.381 e. The fourth-order valence-electron chi connectivity index (χ4n) is 2.21. The van der Waals surface area contributed by atoms with Crippen LogP contribution in [0.4, 0.5) is 5.69 Å². The molecule has 0 spiro atoms. The third-order valence-electron chi connectivity index (χ3n) is 3.21. The molecule has 0 aliphatic carbocycles. The van der Waals surface area contributed by atoms with Crippen LogP contribution in [0.2, 0.25) is 0 Å². The van der Waals surface area contributed by atoms with Gasteiger partial charge >= 0.3 is 0 Å². The zero-order valence-corrected chi connectivity index (χ0v) is 10.9. The van der Waals surface area contributed by atoms with Crippen LogP contribution in [0.5, 0.6) is 0 Å². The third kappa shape index (κ3) is 2.45. The van der Waals surface area contributed by atoms with Crippen LogP contribution in [-0.4, -0.2) is 4.98 Å². The highest BCUT2D eigenvalue weighted by Gasteiger charge is 2.01. The van der Waals surface area contributed by atoms with E-state index in [0.29, 0.717) is 12.1 Å². The molecule has 0 saturated carbocycles. The summed E-state index contributed by atoms with van der Waals surface area (Å²) in [6.45, 7) is 0.706. The van der Waals surface area contributed by atoms with E-state index in [1.54, 1.807) is 6.07 Å². The second-order valence-electron chi connectivity index (χ2n) is 4.53. The number of aromatic nitrogens is 1. The molecule has 0 aliphatic rings. The highest BCUT2D eigenvalue weighted by molar-refractivity contribution is 5.82. The Bertz CT molecular complexity index is 782. The van der Waals surface area contributed by atoms with Crippen molar-refractivity contribution in [3.8, 4) is 6.07 Å². The molecule has 1 heterocycles.